The molecular formula is C25H20Br2N2O6S. The molecule has 1 N–H and O–H groups in total. The minimum absolute atomic E-state index is 0.0688. The van der Waals surface area contributed by atoms with Crippen LogP contribution in [0.4, 0.5) is 5.69 Å². The average molecular weight is 636 g/mol. The lowest BCUT2D eigenvalue weighted by atomic mass is 10.1. The maximum Gasteiger partial charge on any atom is 0.343 e. The van der Waals surface area contributed by atoms with Crippen LogP contribution in [0.25, 0.3) is 6.08 Å². The maximum atomic E-state index is 13.2. The van der Waals surface area contributed by atoms with Crippen molar-refractivity contribution < 1.29 is 27.2 Å². The molecule has 0 saturated heterocycles. The van der Waals surface area contributed by atoms with Gasteiger partial charge >= 0.3 is 5.97 Å². The highest BCUT2D eigenvalue weighted by molar-refractivity contribution is 9.10. The number of nitrogens with zero attached hydrogens (tertiary/aromatic N) is 1. The van der Waals surface area contributed by atoms with Gasteiger partial charge in [-0.25, -0.2) is 17.9 Å². The van der Waals surface area contributed by atoms with E-state index in [-0.39, 0.29) is 22.7 Å². The molecule has 0 amide bonds. The Hall–Kier alpha value is -2.99. The molecule has 186 valence electrons. The fraction of sp³-hybridized carbons (Fsp3) is 0.120. The Morgan fingerprint density at radius 2 is 1.64 bits per heavy atom. The number of methoxy groups -OCH3 is 1. The highest BCUT2D eigenvalue weighted by atomic mass is 79.9. The summed E-state index contributed by atoms with van der Waals surface area (Å²) in [7, 11) is -2.53. The number of hydrogen-bond donors (Lipinski definition) is 1. The highest BCUT2D eigenvalue weighted by Gasteiger charge is 2.38. The number of halogens is 2. The Balaban J connectivity index is 1.61. The largest absolute Gasteiger partial charge is 0.465 e. The molecule has 0 saturated carbocycles. The van der Waals surface area contributed by atoms with Crippen LogP contribution in [0, 0.1) is 0 Å². The maximum absolute atomic E-state index is 13.2. The van der Waals surface area contributed by atoms with Crippen molar-refractivity contribution in [2.24, 2.45) is 0 Å². The van der Waals surface area contributed by atoms with Gasteiger partial charge in [0.1, 0.15) is 17.1 Å². The molecule has 0 atom stereocenters. The number of carbonyl (C=O) groups excluding carboxylic acids is 2. The number of Topliss-reactive ketones (excluding diaryl/α,β-unsaturated/α-hetero) is 1. The van der Waals surface area contributed by atoms with Gasteiger partial charge in [-0.1, -0.05) is 31.9 Å². The molecule has 36 heavy (non-hydrogen) atoms. The predicted octanol–water partition coefficient (Wildman–Crippen LogP) is 5.16. The molecule has 1 aliphatic heterocycles. The molecule has 0 aliphatic carbocycles. The van der Waals surface area contributed by atoms with Gasteiger partial charge in [0.15, 0.2) is 0 Å². The monoisotopic (exact) mass is 634 g/mol. The average Bonchev–Trinajstić information content (AvgIpc) is 3.40. The number of hydrogen-bond acceptors (Lipinski definition) is 7. The summed E-state index contributed by atoms with van der Waals surface area (Å²) in [6.07, 6.45) is 1.51. The van der Waals surface area contributed by atoms with Crippen molar-refractivity contribution >= 4 is 65.4 Å². The molecule has 0 radical (unpaired) electrons. The number of nitrogens with one attached hydrogen (secondary N) is 1. The first-order valence-electron chi connectivity index (χ1n) is 10.6. The van der Waals surface area contributed by atoms with Gasteiger partial charge in [-0.15, -0.1) is 0 Å². The molecule has 2 aromatic carbocycles. The Kier molecular flexibility index (Phi) is 7.65. The van der Waals surface area contributed by atoms with E-state index in [0.29, 0.717) is 22.9 Å². The summed E-state index contributed by atoms with van der Waals surface area (Å²) in [6, 6.07) is 16.7. The van der Waals surface area contributed by atoms with E-state index in [1.54, 1.807) is 48.2 Å². The van der Waals surface area contributed by atoms with Crippen LogP contribution < -0.4 is 9.62 Å². The molecule has 1 aromatic heterocycles. The molecule has 11 heteroatoms. The summed E-state index contributed by atoms with van der Waals surface area (Å²) in [5, 5.41) is 0. The number of sulfonamides is 1. The molecule has 2 heterocycles. The van der Waals surface area contributed by atoms with Crippen molar-refractivity contribution in [2.75, 3.05) is 12.0 Å². The number of esters is 1. The molecular weight excluding hydrogens is 616 g/mol. The zero-order valence-corrected chi connectivity index (χ0v) is 23.1. The van der Waals surface area contributed by atoms with Crippen LogP contribution in [0.5, 0.6) is 0 Å². The van der Waals surface area contributed by atoms with Crippen LogP contribution in [-0.4, -0.2) is 27.3 Å². The SMILES string of the molecule is COC(=O)C1=C(C)N(c2ccc(Br)cc2)/C(=C/c2ccc(CNS(=O)(=O)c3ccc(Br)cc3)o2)C1=O. The minimum atomic E-state index is -3.74. The minimum Gasteiger partial charge on any atom is -0.465 e. The van der Waals surface area contributed by atoms with E-state index >= 15 is 0 Å². The fourth-order valence-electron chi connectivity index (χ4n) is 3.65. The second kappa shape index (κ2) is 10.6. The van der Waals surface area contributed by atoms with Gasteiger partial charge < -0.3 is 14.1 Å². The molecule has 8 nitrogen and oxygen atoms in total. The van der Waals surface area contributed by atoms with E-state index in [1.165, 1.54) is 25.3 Å². The summed E-state index contributed by atoms with van der Waals surface area (Å²) in [4.78, 5) is 27.3. The third kappa shape index (κ3) is 5.39. The van der Waals surface area contributed by atoms with E-state index in [1.807, 2.05) is 12.1 Å². The first-order chi connectivity index (χ1) is 17.1. The van der Waals surface area contributed by atoms with Crippen LogP contribution in [-0.2, 0) is 30.9 Å². The van der Waals surface area contributed by atoms with Gasteiger partial charge in [0.05, 0.1) is 24.2 Å². The zero-order valence-electron chi connectivity index (χ0n) is 19.1. The van der Waals surface area contributed by atoms with E-state index in [4.69, 9.17) is 9.15 Å². The van der Waals surface area contributed by atoms with Crippen LogP contribution in [0.15, 0.2) is 95.9 Å². The highest BCUT2D eigenvalue weighted by Crippen LogP contribution is 2.36. The van der Waals surface area contributed by atoms with E-state index in [9.17, 15) is 18.0 Å². The number of ketones is 1. The Morgan fingerprint density at radius 3 is 2.25 bits per heavy atom. The van der Waals surface area contributed by atoms with Crippen LogP contribution in [0.2, 0.25) is 0 Å². The fourth-order valence-corrected chi connectivity index (χ4v) is 5.17. The van der Waals surface area contributed by atoms with Gasteiger partial charge in [-0.05, 0) is 67.6 Å². The molecule has 0 spiro atoms. The lowest BCUT2D eigenvalue weighted by Crippen LogP contribution is -2.22. The van der Waals surface area contributed by atoms with Crippen LogP contribution in [0.1, 0.15) is 18.4 Å². The second-order valence-corrected chi connectivity index (χ2v) is 11.3. The first-order valence-corrected chi connectivity index (χ1v) is 13.6. The molecule has 0 bridgehead atoms. The smallest absolute Gasteiger partial charge is 0.343 e. The number of carbonyl (C=O) groups is 2. The van der Waals surface area contributed by atoms with Crippen molar-refractivity contribution in [3.63, 3.8) is 0 Å². The third-order valence-corrected chi connectivity index (χ3v) is 7.87. The summed E-state index contributed by atoms with van der Waals surface area (Å²) >= 11 is 6.67. The molecule has 0 fully saturated rings. The van der Waals surface area contributed by atoms with E-state index in [0.717, 1.165) is 8.95 Å². The lowest BCUT2D eigenvalue weighted by molar-refractivity contribution is -0.137. The lowest BCUT2D eigenvalue weighted by Gasteiger charge is -2.21. The molecule has 1 aliphatic rings. The number of allylic oxidation sites excluding steroid dienone is 2. The van der Waals surface area contributed by atoms with Crippen molar-refractivity contribution in [2.45, 2.75) is 18.4 Å². The van der Waals surface area contributed by atoms with Gasteiger partial charge in [0.25, 0.3) is 0 Å². The Bertz CT molecular complexity index is 1490. The first kappa shape index (κ1) is 26.1. The van der Waals surface area contributed by atoms with Gasteiger partial charge in [0.2, 0.25) is 15.8 Å². The van der Waals surface area contributed by atoms with E-state index < -0.39 is 21.8 Å². The summed E-state index contributed by atoms with van der Waals surface area (Å²) in [5.74, 6) is -0.570. The van der Waals surface area contributed by atoms with Crippen molar-refractivity contribution in [1.29, 1.82) is 0 Å². The van der Waals surface area contributed by atoms with E-state index in [2.05, 4.69) is 36.6 Å². The molecule has 0 unspecified atom stereocenters. The number of ether oxygens (including phenoxy) is 1. The summed E-state index contributed by atoms with van der Waals surface area (Å²) in [5.41, 5.74) is 1.23. The molecule has 3 aromatic rings. The van der Waals surface area contributed by atoms with Gasteiger partial charge in [-0.2, -0.15) is 0 Å². The predicted molar refractivity (Wildman–Crippen MR) is 141 cm³/mol. The Morgan fingerprint density at radius 1 is 1.03 bits per heavy atom. The summed E-state index contributed by atoms with van der Waals surface area (Å²) in [6.45, 7) is 1.58. The number of anilines is 1. The van der Waals surface area contributed by atoms with Crippen LogP contribution >= 0.6 is 31.9 Å². The number of furan rings is 1. The van der Waals surface area contributed by atoms with Gasteiger partial charge in [0, 0.05) is 26.4 Å². The standard InChI is InChI=1S/C25H20Br2N2O6S/c1-15-23(25(31)34-2)24(30)22(29(15)18-7-3-16(26)4-8-18)13-19-9-10-20(35-19)14-28-36(32,33)21-11-5-17(27)6-12-21/h3-13,28H,14H2,1-2H3/b22-13+. The Labute approximate surface area is 224 Å². The molecule has 4 rings (SSSR count). The summed E-state index contributed by atoms with van der Waals surface area (Å²) < 4.78 is 39.8. The van der Waals surface area contributed by atoms with Crippen molar-refractivity contribution in [1.82, 2.24) is 4.72 Å². The zero-order chi connectivity index (χ0) is 26.0. The van der Waals surface area contributed by atoms with Crippen molar-refractivity contribution in [3.05, 3.63) is 98.1 Å². The normalized spacial score (nSPS) is 15.2. The van der Waals surface area contributed by atoms with Crippen LogP contribution in [0.3, 0.4) is 0 Å². The second-order valence-electron chi connectivity index (χ2n) is 7.71. The number of benzene rings is 2. The third-order valence-electron chi connectivity index (χ3n) is 5.39. The number of rotatable bonds is 7. The van der Waals surface area contributed by atoms with Crippen molar-refractivity contribution in [3.8, 4) is 0 Å². The quantitative estimate of drug-likeness (QED) is 0.217. The van der Waals surface area contributed by atoms with Gasteiger partial charge in [-0.3, -0.25) is 4.79 Å². The topological polar surface area (TPSA) is 106 Å².